The van der Waals surface area contributed by atoms with E-state index in [9.17, 15) is 8.78 Å². The highest BCUT2D eigenvalue weighted by atomic mass is 19.1. The van der Waals surface area contributed by atoms with Crippen molar-refractivity contribution < 1.29 is 8.78 Å². The Labute approximate surface area is 481 Å². The summed E-state index contributed by atoms with van der Waals surface area (Å²) in [6.45, 7) is 13.3. The molecule has 0 bridgehead atoms. The van der Waals surface area contributed by atoms with Gasteiger partial charge in [-0.05, 0) is 215 Å². The number of para-hydroxylation sites is 2. The Kier molecular flexibility index (Phi) is 13.9. The molecule has 7 heteroatoms. The summed E-state index contributed by atoms with van der Waals surface area (Å²) >= 11 is 0. The maximum absolute atomic E-state index is 13.6. The quantitative estimate of drug-likeness (QED) is 0.129. The molecule has 1 aromatic heterocycles. The van der Waals surface area contributed by atoms with Crippen molar-refractivity contribution >= 4 is 57.0 Å². The molecule has 10 aromatic carbocycles. The number of rotatable bonds is 11. The summed E-state index contributed by atoms with van der Waals surface area (Å²) in [7, 11) is 4.05. The summed E-state index contributed by atoms with van der Waals surface area (Å²) in [5, 5.41) is 0. The van der Waals surface area contributed by atoms with Crippen molar-refractivity contribution in [3.05, 3.63) is 294 Å². The SMILES string of the molecule is Cc1ccc(-c2ccc(N(c3ccccc3)c3ccc4c(c3)C(C)(C)c3cc(N(C)c5ccc(F)cc5)ccc3-4)cc2)cc1.Cc1cccc(N(c2ccccc2)c2ccc3c(c2)C(C)(C)c2cc(N(C)c4ccc(F)cc4)ccc2-3)n1. The van der Waals surface area contributed by atoms with Gasteiger partial charge in [0.15, 0.2) is 0 Å². The van der Waals surface area contributed by atoms with Crippen molar-refractivity contribution in [1.29, 1.82) is 0 Å². The molecule has 0 unspecified atom stereocenters. The molecule has 0 saturated carbocycles. The summed E-state index contributed by atoms with van der Waals surface area (Å²) in [5.41, 5.74) is 24.1. The van der Waals surface area contributed by atoms with E-state index in [4.69, 9.17) is 4.98 Å². The first-order valence-corrected chi connectivity index (χ1v) is 28.0. The Morgan fingerprint density at radius 2 is 0.659 bits per heavy atom. The van der Waals surface area contributed by atoms with Gasteiger partial charge in [-0.25, -0.2) is 13.8 Å². The molecule has 5 nitrogen and oxygen atoms in total. The molecule has 0 radical (unpaired) electrons. The zero-order valence-electron chi connectivity index (χ0n) is 47.7. The normalized spacial score (nSPS) is 13.0. The standard InChI is InChI=1S/C41H35FN2.C34H30FN3/c1-28-10-12-29(13-11-28)30-14-18-34(19-15-30)44(33-8-6-5-7-9-33)36-23-25-38-37-24-22-35(26-39(37)41(2,3)40(38)27-36)43(4)32-20-16-31(42)17-21-32;1-23-9-8-12-33(36-23)38(26-10-6-5-7-11-26)28-18-20-30-29-19-17-27(21-31(29)34(2,3)32(30)22-28)37(4)25-15-13-24(35)14-16-25/h5-27H,1-4H3;5-22H,1-4H3. The Bertz CT molecular complexity index is 4100. The second-order valence-corrected chi connectivity index (χ2v) is 22.6. The molecule has 1 heterocycles. The van der Waals surface area contributed by atoms with Gasteiger partial charge in [0.05, 0.1) is 0 Å². The third-order valence-electron chi connectivity index (χ3n) is 16.6. The van der Waals surface area contributed by atoms with Crippen LogP contribution in [0.2, 0.25) is 0 Å². The number of hydrogen-bond donors (Lipinski definition) is 0. The van der Waals surface area contributed by atoms with Crippen molar-refractivity contribution in [3.8, 4) is 33.4 Å². The molecular weight excluding hydrogens is 1010 g/mol. The second-order valence-electron chi connectivity index (χ2n) is 22.6. The van der Waals surface area contributed by atoms with Crippen LogP contribution in [-0.4, -0.2) is 19.1 Å². The molecule has 0 spiro atoms. The predicted octanol–water partition coefficient (Wildman–Crippen LogP) is 20.4. The van der Waals surface area contributed by atoms with Crippen LogP contribution >= 0.6 is 0 Å². The molecule has 0 aliphatic heterocycles. The van der Waals surface area contributed by atoms with Crippen molar-refractivity contribution in [2.24, 2.45) is 0 Å². The number of benzene rings is 10. The summed E-state index contributed by atoms with van der Waals surface area (Å²) < 4.78 is 27.1. The van der Waals surface area contributed by atoms with Crippen molar-refractivity contribution in [2.45, 2.75) is 52.4 Å². The van der Waals surface area contributed by atoms with E-state index in [1.807, 2.05) is 57.4 Å². The van der Waals surface area contributed by atoms with E-state index in [2.05, 4.69) is 242 Å². The fourth-order valence-corrected chi connectivity index (χ4v) is 12.0. The van der Waals surface area contributed by atoms with Crippen LogP contribution in [0, 0.1) is 25.5 Å². The molecule has 0 atom stereocenters. The molecule has 404 valence electrons. The van der Waals surface area contributed by atoms with E-state index < -0.39 is 0 Å². The van der Waals surface area contributed by atoms with E-state index in [1.165, 1.54) is 85.5 Å². The van der Waals surface area contributed by atoms with Crippen LogP contribution in [0.25, 0.3) is 33.4 Å². The lowest BCUT2D eigenvalue weighted by atomic mass is 9.82. The first-order chi connectivity index (χ1) is 39.6. The highest BCUT2D eigenvalue weighted by Crippen LogP contribution is 2.54. The number of aryl methyl sites for hydroxylation is 2. The molecule has 11 aromatic rings. The van der Waals surface area contributed by atoms with Gasteiger partial charge >= 0.3 is 0 Å². The van der Waals surface area contributed by atoms with Gasteiger partial charge in [0.25, 0.3) is 0 Å². The van der Waals surface area contributed by atoms with E-state index in [1.54, 1.807) is 0 Å². The van der Waals surface area contributed by atoms with Crippen molar-refractivity contribution in [3.63, 3.8) is 0 Å². The highest BCUT2D eigenvalue weighted by Gasteiger charge is 2.38. The molecule has 0 N–H and O–H groups in total. The molecule has 2 aliphatic rings. The number of hydrogen-bond acceptors (Lipinski definition) is 5. The van der Waals surface area contributed by atoms with Gasteiger partial charge in [0, 0.05) is 81.8 Å². The van der Waals surface area contributed by atoms with Crippen LogP contribution < -0.4 is 19.6 Å². The summed E-state index contributed by atoms with van der Waals surface area (Å²) in [6, 6.07) is 84.9. The minimum absolute atomic E-state index is 0.192. The Hall–Kier alpha value is -9.59. The second kappa shape index (κ2) is 21.5. The summed E-state index contributed by atoms with van der Waals surface area (Å²) in [6.07, 6.45) is 0. The smallest absolute Gasteiger partial charge is 0.137 e. The van der Waals surface area contributed by atoms with Crippen molar-refractivity contribution in [1.82, 2.24) is 4.98 Å². The van der Waals surface area contributed by atoms with Crippen LogP contribution in [0.15, 0.2) is 249 Å². The van der Waals surface area contributed by atoms with E-state index in [-0.39, 0.29) is 22.5 Å². The van der Waals surface area contributed by atoms with Crippen LogP contribution in [0.5, 0.6) is 0 Å². The number of halogens is 2. The Morgan fingerprint density at radius 1 is 0.317 bits per heavy atom. The predicted molar refractivity (Wildman–Crippen MR) is 339 cm³/mol. The van der Waals surface area contributed by atoms with E-state index in [0.29, 0.717) is 0 Å². The maximum Gasteiger partial charge on any atom is 0.137 e. The van der Waals surface area contributed by atoms with E-state index in [0.717, 1.165) is 62.7 Å². The van der Waals surface area contributed by atoms with E-state index >= 15 is 0 Å². The average molecular weight is 1070 g/mol. The van der Waals surface area contributed by atoms with Gasteiger partial charge in [0.2, 0.25) is 0 Å². The van der Waals surface area contributed by atoms with Gasteiger partial charge in [-0.1, -0.05) is 136 Å². The number of aromatic nitrogens is 1. The zero-order valence-corrected chi connectivity index (χ0v) is 47.7. The van der Waals surface area contributed by atoms with Crippen LogP contribution in [0.4, 0.5) is 65.8 Å². The fraction of sp³-hybridized carbons (Fsp3) is 0.133. The average Bonchev–Trinajstić information content (AvgIpc) is 3.87. The van der Waals surface area contributed by atoms with Gasteiger partial charge in [-0.3, -0.25) is 4.90 Å². The maximum atomic E-state index is 13.6. The zero-order chi connectivity index (χ0) is 56.9. The summed E-state index contributed by atoms with van der Waals surface area (Å²) in [4.78, 5) is 13.6. The third-order valence-corrected chi connectivity index (χ3v) is 16.6. The van der Waals surface area contributed by atoms with Gasteiger partial charge < -0.3 is 14.7 Å². The minimum Gasteiger partial charge on any atom is -0.345 e. The number of nitrogens with zero attached hydrogens (tertiary/aromatic N) is 5. The number of fused-ring (bicyclic) bond motifs is 6. The fourth-order valence-electron chi connectivity index (χ4n) is 12.0. The molecule has 13 rings (SSSR count). The number of pyridine rings is 1. The molecule has 0 fully saturated rings. The van der Waals surface area contributed by atoms with Crippen LogP contribution in [-0.2, 0) is 10.8 Å². The monoisotopic (exact) mass is 1070 g/mol. The third kappa shape index (κ3) is 9.97. The largest absolute Gasteiger partial charge is 0.345 e. The van der Waals surface area contributed by atoms with Crippen LogP contribution in [0.1, 0.15) is 61.2 Å². The molecule has 2 aliphatic carbocycles. The first kappa shape index (κ1) is 53.1. The lowest BCUT2D eigenvalue weighted by Gasteiger charge is -2.28. The first-order valence-electron chi connectivity index (χ1n) is 28.0. The Morgan fingerprint density at radius 3 is 1.09 bits per heavy atom. The van der Waals surface area contributed by atoms with Gasteiger partial charge in [-0.15, -0.1) is 0 Å². The van der Waals surface area contributed by atoms with Gasteiger partial charge in [-0.2, -0.15) is 0 Å². The number of anilines is 10. The van der Waals surface area contributed by atoms with Crippen molar-refractivity contribution in [2.75, 3.05) is 33.7 Å². The minimum atomic E-state index is -0.228. The molecule has 0 amide bonds. The molecule has 82 heavy (non-hydrogen) atoms. The summed E-state index contributed by atoms with van der Waals surface area (Å²) in [5.74, 6) is 0.442. The topological polar surface area (TPSA) is 25.9 Å². The van der Waals surface area contributed by atoms with Crippen LogP contribution in [0.3, 0.4) is 0 Å². The molecular formula is C75H65F2N5. The molecule has 0 saturated heterocycles. The van der Waals surface area contributed by atoms with Gasteiger partial charge in [0.1, 0.15) is 17.5 Å². The highest BCUT2D eigenvalue weighted by molar-refractivity contribution is 5.89. The lowest BCUT2D eigenvalue weighted by Crippen LogP contribution is -2.18. The lowest BCUT2D eigenvalue weighted by molar-refractivity contribution is 0.627. The Balaban J connectivity index is 0.000000164.